The Morgan fingerprint density at radius 2 is 2.28 bits per heavy atom. The zero-order valence-electron chi connectivity index (χ0n) is 9.12. The van der Waals surface area contributed by atoms with Gasteiger partial charge in [-0.05, 0) is 47.2 Å². The van der Waals surface area contributed by atoms with Crippen LogP contribution in [0.3, 0.4) is 0 Å². The summed E-state index contributed by atoms with van der Waals surface area (Å²) in [6.45, 7) is 0. The minimum absolute atomic E-state index is 0.294. The van der Waals surface area contributed by atoms with Crippen molar-refractivity contribution in [2.75, 3.05) is 0 Å². The van der Waals surface area contributed by atoms with E-state index in [-0.39, 0.29) is 0 Å². The second kappa shape index (κ2) is 4.55. The molecule has 0 bridgehead atoms. The van der Waals surface area contributed by atoms with Crippen LogP contribution in [0, 0.1) is 11.3 Å². The molecule has 1 aliphatic rings. The highest BCUT2D eigenvalue weighted by molar-refractivity contribution is 7.99. The lowest BCUT2D eigenvalue weighted by Crippen LogP contribution is -1.98. The Hall–Kier alpha value is -1.65. The van der Waals surface area contributed by atoms with Gasteiger partial charge in [0.25, 0.3) is 0 Å². The molecule has 0 unspecified atom stereocenters. The summed E-state index contributed by atoms with van der Waals surface area (Å²) in [5.41, 5.74) is 0.475. The molecular weight excluding hydrogens is 272 g/mol. The summed E-state index contributed by atoms with van der Waals surface area (Å²) in [4.78, 5) is 4.15. The third-order valence-corrected chi connectivity index (χ3v) is 3.51. The predicted molar refractivity (Wildman–Crippen MR) is 64.2 cm³/mol. The van der Waals surface area contributed by atoms with Gasteiger partial charge in [-0.15, -0.1) is 5.10 Å². The monoisotopic (exact) mass is 278 g/mol. The molecule has 0 atom stereocenters. The standard InChI is InChI=1S/C10H7ClN6S/c11-8-3-6(5-12)4-9(13-8)18-10-14-15-16-17(10)7-1-2-7/h3-4,7H,1-2H2. The molecule has 8 heteroatoms. The summed E-state index contributed by atoms with van der Waals surface area (Å²) >= 11 is 7.16. The number of nitriles is 1. The van der Waals surface area contributed by atoms with Gasteiger partial charge >= 0.3 is 0 Å². The Morgan fingerprint density at radius 3 is 3.00 bits per heavy atom. The summed E-state index contributed by atoms with van der Waals surface area (Å²) in [5.74, 6) is 0. The lowest BCUT2D eigenvalue weighted by molar-refractivity contribution is 0.565. The molecule has 3 rings (SSSR count). The summed E-state index contributed by atoms with van der Waals surface area (Å²) in [5, 5.41) is 22.0. The molecule has 18 heavy (non-hydrogen) atoms. The van der Waals surface area contributed by atoms with E-state index < -0.39 is 0 Å². The van der Waals surface area contributed by atoms with Gasteiger partial charge in [-0.1, -0.05) is 11.6 Å². The molecule has 2 aromatic heterocycles. The van der Waals surface area contributed by atoms with E-state index in [0.717, 1.165) is 12.8 Å². The molecule has 0 N–H and O–H groups in total. The van der Waals surface area contributed by atoms with Crippen molar-refractivity contribution in [3.8, 4) is 6.07 Å². The summed E-state index contributed by atoms with van der Waals surface area (Å²) in [7, 11) is 0. The van der Waals surface area contributed by atoms with Crippen LogP contribution in [0.2, 0.25) is 5.15 Å². The van der Waals surface area contributed by atoms with Crippen LogP contribution in [0.25, 0.3) is 0 Å². The number of rotatable bonds is 3. The topological polar surface area (TPSA) is 80.3 Å². The second-order valence-corrected chi connectivity index (χ2v) is 5.24. The molecule has 1 aliphatic carbocycles. The van der Waals surface area contributed by atoms with Crippen molar-refractivity contribution in [2.24, 2.45) is 0 Å². The van der Waals surface area contributed by atoms with Gasteiger partial charge in [-0.3, -0.25) is 0 Å². The highest BCUT2D eigenvalue weighted by Gasteiger charge is 2.28. The average Bonchev–Trinajstić information content (AvgIpc) is 3.10. The van der Waals surface area contributed by atoms with Crippen LogP contribution in [0.4, 0.5) is 0 Å². The van der Waals surface area contributed by atoms with E-state index in [2.05, 4.69) is 20.5 Å². The Balaban J connectivity index is 1.90. The van der Waals surface area contributed by atoms with Crippen molar-refractivity contribution in [1.82, 2.24) is 25.2 Å². The van der Waals surface area contributed by atoms with E-state index in [1.807, 2.05) is 6.07 Å². The summed E-state index contributed by atoms with van der Waals surface area (Å²) in [6.07, 6.45) is 2.20. The molecule has 1 saturated carbocycles. The Labute approximate surface area is 112 Å². The number of hydrogen-bond donors (Lipinski definition) is 0. The van der Waals surface area contributed by atoms with Crippen LogP contribution in [0.1, 0.15) is 24.4 Å². The molecule has 0 radical (unpaired) electrons. The van der Waals surface area contributed by atoms with Gasteiger partial charge in [0.15, 0.2) is 0 Å². The fourth-order valence-corrected chi connectivity index (χ4v) is 2.62. The molecule has 2 heterocycles. The van der Waals surface area contributed by atoms with E-state index in [0.29, 0.717) is 26.9 Å². The molecule has 0 amide bonds. The summed E-state index contributed by atoms with van der Waals surface area (Å²) < 4.78 is 1.79. The van der Waals surface area contributed by atoms with Crippen molar-refractivity contribution in [2.45, 2.75) is 29.1 Å². The minimum atomic E-state index is 0.294. The first-order valence-corrected chi connectivity index (χ1v) is 6.49. The van der Waals surface area contributed by atoms with Crippen LogP contribution >= 0.6 is 23.4 Å². The molecule has 90 valence electrons. The zero-order chi connectivity index (χ0) is 12.5. The fourth-order valence-electron chi connectivity index (χ4n) is 1.48. The van der Waals surface area contributed by atoms with E-state index in [1.165, 1.54) is 17.8 Å². The molecular formula is C10H7ClN6S. The number of tetrazole rings is 1. The molecule has 6 nitrogen and oxygen atoms in total. The predicted octanol–water partition coefficient (Wildman–Crippen LogP) is 2.08. The van der Waals surface area contributed by atoms with Gasteiger partial charge in [0.05, 0.1) is 17.7 Å². The van der Waals surface area contributed by atoms with Crippen LogP contribution in [-0.4, -0.2) is 25.2 Å². The SMILES string of the molecule is N#Cc1cc(Cl)nc(Sc2nnnn2C2CC2)c1. The normalized spacial score (nSPS) is 14.4. The minimum Gasteiger partial charge on any atom is -0.229 e. The Morgan fingerprint density at radius 1 is 1.44 bits per heavy atom. The first kappa shape index (κ1) is 11.4. The van der Waals surface area contributed by atoms with Crippen LogP contribution in [-0.2, 0) is 0 Å². The molecule has 0 aromatic carbocycles. The largest absolute Gasteiger partial charge is 0.229 e. The fraction of sp³-hybridized carbons (Fsp3) is 0.300. The van der Waals surface area contributed by atoms with Gasteiger partial charge in [0.2, 0.25) is 5.16 Å². The maximum absolute atomic E-state index is 8.87. The Bertz CT molecular complexity index is 630. The highest BCUT2D eigenvalue weighted by atomic mass is 35.5. The molecule has 1 fully saturated rings. The zero-order valence-corrected chi connectivity index (χ0v) is 10.7. The quantitative estimate of drug-likeness (QED) is 0.800. The second-order valence-electron chi connectivity index (χ2n) is 3.87. The van der Waals surface area contributed by atoms with Crippen LogP contribution in [0.5, 0.6) is 0 Å². The molecule has 0 saturated heterocycles. The smallest absolute Gasteiger partial charge is 0.215 e. The molecule has 0 aliphatic heterocycles. The van der Waals surface area contributed by atoms with Crippen LogP contribution in [0.15, 0.2) is 22.3 Å². The number of nitrogens with zero attached hydrogens (tertiary/aromatic N) is 6. The number of hydrogen-bond acceptors (Lipinski definition) is 6. The van der Waals surface area contributed by atoms with Gasteiger partial charge in [-0.2, -0.15) is 5.26 Å². The number of pyridine rings is 1. The first-order valence-electron chi connectivity index (χ1n) is 5.29. The van der Waals surface area contributed by atoms with Crippen molar-refractivity contribution in [1.29, 1.82) is 5.26 Å². The summed E-state index contributed by atoms with van der Waals surface area (Å²) in [6, 6.07) is 5.63. The highest BCUT2D eigenvalue weighted by Crippen LogP contribution is 2.37. The lowest BCUT2D eigenvalue weighted by atomic mass is 10.3. The first-order chi connectivity index (χ1) is 8.76. The van der Waals surface area contributed by atoms with Gasteiger partial charge in [0, 0.05) is 0 Å². The maximum Gasteiger partial charge on any atom is 0.215 e. The maximum atomic E-state index is 8.87. The third kappa shape index (κ3) is 2.30. The van der Waals surface area contributed by atoms with Crippen LogP contribution < -0.4 is 0 Å². The third-order valence-electron chi connectivity index (χ3n) is 2.45. The van der Waals surface area contributed by atoms with Crippen molar-refractivity contribution < 1.29 is 0 Å². The number of aromatic nitrogens is 5. The van der Waals surface area contributed by atoms with Gasteiger partial charge in [0.1, 0.15) is 10.2 Å². The van der Waals surface area contributed by atoms with Crippen molar-refractivity contribution in [3.63, 3.8) is 0 Å². The molecule has 2 aromatic rings. The van der Waals surface area contributed by atoms with Gasteiger partial charge in [-0.25, -0.2) is 9.67 Å². The Kier molecular flexibility index (Phi) is 2.89. The number of halogens is 1. The van der Waals surface area contributed by atoms with Gasteiger partial charge < -0.3 is 0 Å². The molecule has 0 spiro atoms. The lowest BCUT2D eigenvalue weighted by Gasteiger charge is -2.02. The average molecular weight is 279 g/mol. The van der Waals surface area contributed by atoms with E-state index in [4.69, 9.17) is 16.9 Å². The van der Waals surface area contributed by atoms with Crippen molar-refractivity contribution >= 4 is 23.4 Å². The van der Waals surface area contributed by atoms with E-state index >= 15 is 0 Å². The van der Waals surface area contributed by atoms with Crippen molar-refractivity contribution in [3.05, 3.63) is 22.8 Å². The van der Waals surface area contributed by atoms with E-state index in [1.54, 1.807) is 10.7 Å². The van der Waals surface area contributed by atoms with E-state index in [9.17, 15) is 0 Å².